The Labute approximate surface area is 90.5 Å². The molecule has 0 radical (unpaired) electrons. The molecule has 0 heterocycles. The van der Waals surface area contributed by atoms with Crippen molar-refractivity contribution in [3.8, 4) is 5.40 Å². The molecule has 0 aromatic heterocycles. The van der Waals surface area contributed by atoms with Crippen LogP contribution in [0.2, 0.25) is 0 Å². The van der Waals surface area contributed by atoms with Gasteiger partial charge in [-0.2, -0.15) is 0 Å². The molecule has 1 rings (SSSR count). The summed E-state index contributed by atoms with van der Waals surface area (Å²) in [7, 11) is 0.445. The van der Waals surface area contributed by atoms with E-state index in [0.717, 1.165) is 0 Å². The summed E-state index contributed by atoms with van der Waals surface area (Å²) in [6.07, 6.45) is 0. The first kappa shape index (κ1) is 12.3. The molecule has 0 bridgehead atoms. The van der Waals surface area contributed by atoms with Crippen LogP contribution >= 0.6 is 10.2 Å². The Kier molecular flexibility index (Phi) is 3.96. The summed E-state index contributed by atoms with van der Waals surface area (Å²) < 4.78 is 62.6. The van der Waals surface area contributed by atoms with E-state index >= 15 is 0 Å². The zero-order valence-electron chi connectivity index (χ0n) is 6.65. The van der Waals surface area contributed by atoms with Crippen LogP contribution in [0.1, 0.15) is 0 Å². The molecule has 0 unspecified atom stereocenters. The number of hydrogen-bond donors (Lipinski definition) is 0. The Morgan fingerprint density at radius 1 is 0.867 bits per heavy atom. The topological polar surface area (TPSA) is 23.8 Å². The number of nitriles is 1. The Balaban J connectivity index is 3.33. The molecule has 1 nitrogen and oxygen atoms in total. The number of rotatable bonds is 2. The molecular formula is C7F5NSSe. The monoisotopic (exact) mass is 305 g/mol. The molecule has 0 saturated carbocycles. The maximum atomic E-state index is 12.9. The van der Waals surface area contributed by atoms with Crippen molar-refractivity contribution in [1.29, 1.82) is 5.26 Å². The molecular weight excluding hydrogens is 304 g/mol. The number of benzene rings is 1. The van der Waals surface area contributed by atoms with Crippen molar-refractivity contribution in [2.24, 2.45) is 0 Å². The zero-order valence-corrected chi connectivity index (χ0v) is 9.18. The standard InChI is InChI=1S/C7F5NSSe/c8-2-3(9)5(11)7(15-14-1-13)6(12)4(2)10. The van der Waals surface area contributed by atoms with Gasteiger partial charge in [-0.05, 0) is 0 Å². The molecule has 8 heteroatoms. The van der Waals surface area contributed by atoms with Gasteiger partial charge in [0, 0.05) is 0 Å². The third kappa shape index (κ3) is 2.25. The number of nitrogens with zero attached hydrogens (tertiary/aromatic N) is 1. The first-order valence-corrected chi connectivity index (χ1v) is 6.94. The maximum absolute atomic E-state index is 12.9. The number of halogens is 5. The van der Waals surface area contributed by atoms with Gasteiger partial charge >= 0.3 is 90.2 Å². The average Bonchev–Trinajstić information content (AvgIpc) is 2.24. The van der Waals surface area contributed by atoms with E-state index < -0.39 is 47.4 Å². The molecule has 0 aliphatic carbocycles. The molecule has 80 valence electrons. The van der Waals surface area contributed by atoms with Crippen LogP contribution in [0, 0.1) is 39.7 Å². The molecule has 0 amide bonds. The van der Waals surface area contributed by atoms with Crippen LogP contribution in [0.25, 0.3) is 0 Å². The predicted octanol–water partition coefficient (Wildman–Crippen LogP) is 1.84. The normalized spacial score (nSPS) is 10.1. The quantitative estimate of drug-likeness (QED) is 0.274. The van der Waals surface area contributed by atoms with E-state index in [0.29, 0.717) is 10.2 Å². The van der Waals surface area contributed by atoms with Crippen molar-refractivity contribution in [1.82, 2.24) is 0 Å². The molecule has 0 saturated heterocycles. The molecule has 15 heavy (non-hydrogen) atoms. The molecule has 0 aliphatic heterocycles. The Morgan fingerprint density at radius 3 is 1.67 bits per heavy atom. The average molecular weight is 304 g/mol. The number of thiocyanates is 1. The van der Waals surface area contributed by atoms with Gasteiger partial charge in [-0.25, -0.2) is 0 Å². The van der Waals surface area contributed by atoms with E-state index in [-0.39, 0.29) is 0 Å². The van der Waals surface area contributed by atoms with E-state index in [1.54, 1.807) is 0 Å². The third-order valence-corrected chi connectivity index (χ3v) is 4.45. The summed E-state index contributed by atoms with van der Waals surface area (Å²) in [6, 6.07) is 0. The van der Waals surface area contributed by atoms with Gasteiger partial charge < -0.3 is 0 Å². The summed E-state index contributed by atoms with van der Waals surface area (Å²) in [5.74, 6) is -9.89. The van der Waals surface area contributed by atoms with Gasteiger partial charge in [-0.3, -0.25) is 0 Å². The van der Waals surface area contributed by atoms with Crippen molar-refractivity contribution in [2.75, 3.05) is 0 Å². The minimum absolute atomic E-state index is 0.445. The van der Waals surface area contributed by atoms with Crippen LogP contribution in [-0.2, 0) is 0 Å². The van der Waals surface area contributed by atoms with Gasteiger partial charge in [0.05, 0.1) is 0 Å². The van der Waals surface area contributed by atoms with E-state index in [4.69, 9.17) is 5.26 Å². The predicted molar refractivity (Wildman–Crippen MR) is 44.8 cm³/mol. The van der Waals surface area contributed by atoms with E-state index in [2.05, 4.69) is 0 Å². The Morgan fingerprint density at radius 2 is 1.27 bits per heavy atom. The fourth-order valence-electron chi connectivity index (χ4n) is 0.718. The van der Waals surface area contributed by atoms with Crippen LogP contribution in [0.5, 0.6) is 0 Å². The second-order valence-corrected chi connectivity index (χ2v) is 5.63. The van der Waals surface area contributed by atoms with Crippen LogP contribution < -0.4 is 4.46 Å². The summed E-state index contributed by atoms with van der Waals surface area (Å²) in [6.45, 7) is 0. The van der Waals surface area contributed by atoms with Gasteiger partial charge in [-0.1, -0.05) is 0 Å². The summed E-state index contributed by atoms with van der Waals surface area (Å²) in [5, 5.41) is 9.62. The molecule has 0 fully saturated rings. The van der Waals surface area contributed by atoms with Gasteiger partial charge in [0.2, 0.25) is 0 Å². The van der Waals surface area contributed by atoms with E-state index in [1.807, 2.05) is 0 Å². The molecule has 0 aliphatic rings. The van der Waals surface area contributed by atoms with Gasteiger partial charge in [0.15, 0.2) is 0 Å². The Hall–Kier alpha value is -0.771. The van der Waals surface area contributed by atoms with Gasteiger partial charge in [-0.15, -0.1) is 0 Å². The molecule has 0 atom stereocenters. The second kappa shape index (κ2) is 4.83. The van der Waals surface area contributed by atoms with E-state index in [9.17, 15) is 22.0 Å². The fourth-order valence-corrected chi connectivity index (χ4v) is 3.04. The SMILES string of the molecule is N#CS[Se]c1c(F)c(F)c(F)c(F)c1F. The zero-order chi connectivity index (χ0) is 11.6. The summed E-state index contributed by atoms with van der Waals surface area (Å²) >= 11 is -1.17. The number of hydrogen-bond acceptors (Lipinski definition) is 2. The first-order valence-electron chi connectivity index (χ1n) is 3.24. The van der Waals surface area contributed by atoms with Crippen molar-refractivity contribution in [3.63, 3.8) is 0 Å². The first-order chi connectivity index (χ1) is 7.00. The summed E-state index contributed by atoms with van der Waals surface area (Å²) in [4.78, 5) is 0. The van der Waals surface area contributed by atoms with Crippen LogP contribution in [0.15, 0.2) is 0 Å². The van der Waals surface area contributed by atoms with Crippen LogP contribution in [0.4, 0.5) is 22.0 Å². The second-order valence-electron chi connectivity index (χ2n) is 2.16. The summed E-state index contributed by atoms with van der Waals surface area (Å²) in [5.41, 5.74) is 0. The fraction of sp³-hybridized carbons (Fsp3) is 0. The molecule has 0 N–H and O–H groups in total. The molecule has 0 spiro atoms. The van der Waals surface area contributed by atoms with Gasteiger partial charge in [0.25, 0.3) is 0 Å². The van der Waals surface area contributed by atoms with Crippen molar-refractivity contribution >= 4 is 28.5 Å². The van der Waals surface area contributed by atoms with E-state index in [1.165, 1.54) is 5.40 Å². The van der Waals surface area contributed by atoms with Crippen molar-refractivity contribution in [3.05, 3.63) is 29.1 Å². The Bertz CT molecular complexity index is 415. The molecule has 1 aromatic carbocycles. The third-order valence-electron chi connectivity index (χ3n) is 1.33. The van der Waals surface area contributed by atoms with Crippen LogP contribution in [-0.4, -0.2) is 13.8 Å². The minimum atomic E-state index is -2.19. The van der Waals surface area contributed by atoms with Crippen molar-refractivity contribution in [2.45, 2.75) is 0 Å². The molecule has 1 aromatic rings. The van der Waals surface area contributed by atoms with Crippen LogP contribution in [0.3, 0.4) is 0 Å². The van der Waals surface area contributed by atoms with Gasteiger partial charge in [0.1, 0.15) is 0 Å². The van der Waals surface area contributed by atoms with Crippen molar-refractivity contribution < 1.29 is 22.0 Å².